The van der Waals surface area contributed by atoms with E-state index in [1.54, 1.807) is 4.57 Å². The van der Waals surface area contributed by atoms with E-state index in [0.29, 0.717) is 11.2 Å². The van der Waals surface area contributed by atoms with Gasteiger partial charge in [0.2, 0.25) is 0 Å². The van der Waals surface area contributed by atoms with Crippen molar-refractivity contribution in [1.29, 1.82) is 0 Å². The molecule has 1 fully saturated rings. The van der Waals surface area contributed by atoms with Gasteiger partial charge < -0.3 is 25.0 Å². The Hall–Kier alpha value is -2.59. The number of nitrogens with zero attached hydrogens (tertiary/aromatic N) is 5. The molecule has 29 heavy (non-hydrogen) atoms. The van der Waals surface area contributed by atoms with Crippen molar-refractivity contribution in [2.24, 2.45) is 0 Å². The van der Waals surface area contributed by atoms with E-state index in [1.165, 1.54) is 30.7 Å². The molecule has 0 aliphatic carbocycles. The van der Waals surface area contributed by atoms with Gasteiger partial charge in [0, 0.05) is 13.1 Å². The van der Waals surface area contributed by atoms with Crippen LogP contribution in [0.5, 0.6) is 0 Å². The van der Waals surface area contributed by atoms with Gasteiger partial charge in [0.05, 0.1) is 12.9 Å². The van der Waals surface area contributed by atoms with Gasteiger partial charge in [-0.3, -0.25) is 4.57 Å². The van der Waals surface area contributed by atoms with Crippen molar-refractivity contribution in [3.8, 4) is 0 Å². The minimum absolute atomic E-state index is 0.395. The molecule has 0 radical (unpaired) electrons. The van der Waals surface area contributed by atoms with Crippen molar-refractivity contribution in [1.82, 2.24) is 19.5 Å². The van der Waals surface area contributed by atoms with Gasteiger partial charge >= 0.3 is 0 Å². The molecule has 0 amide bonds. The van der Waals surface area contributed by atoms with Crippen molar-refractivity contribution in [3.63, 3.8) is 0 Å². The fourth-order valence-corrected chi connectivity index (χ4v) is 4.31. The number of aliphatic hydroxyl groups excluding tert-OH is 2. The summed E-state index contributed by atoms with van der Waals surface area (Å²) in [5.74, 6) is 0.722. The molecule has 1 saturated heterocycles. The van der Waals surface area contributed by atoms with Crippen molar-refractivity contribution in [3.05, 3.63) is 48.0 Å². The highest BCUT2D eigenvalue weighted by Crippen LogP contribution is 2.40. The predicted molar refractivity (Wildman–Crippen MR) is 104 cm³/mol. The van der Waals surface area contributed by atoms with E-state index in [0.717, 1.165) is 25.3 Å². The maximum Gasteiger partial charge on any atom is 0.168 e. The number of imidazole rings is 1. The van der Waals surface area contributed by atoms with Crippen molar-refractivity contribution < 1.29 is 20.1 Å². The van der Waals surface area contributed by atoms with Crippen LogP contribution in [0, 0.1) is 0 Å². The van der Waals surface area contributed by atoms with Crippen LogP contribution in [0.15, 0.2) is 36.9 Å². The van der Waals surface area contributed by atoms with Crippen LogP contribution in [0.3, 0.4) is 0 Å². The lowest BCUT2D eigenvalue weighted by atomic mass is 9.96. The first-order valence-corrected chi connectivity index (χ1v) is 9.66. The van der Waals surface area contributed by atoms with Crippen LogP contribution in [0.25, 0.3) is 11.2 Å². The molecule has 4 heterocycles. The zero-order chi connectivity index (χ0) is 20.2. The number of fused-ring (bicyclic) bond motifs is 2. The zero-order valence-corrected chi connectivity index (χ0v) is 16.0. The molecule has 4 atom stereocenters. The molecule has 152 valence electrons. The van der Waals surface area contributed by atoms with E-state index < -0.39 is 30.6 Å². The normalized spacial score (nSPS) is 29.4. The lowest BCUT2D eigenvalue weighted by Crippen LogP contribution is -2.44. The number of ether oxygens (including phenoxy) is 1. The number of hydrogen-bond donors (Lipinski definition) is 3. The first kappa shape index (κ1) is 18.4. The molecule has 2 aliphatic heterocycles. The average molecular weight is 397 g/mol. The van der Waals surface area contributed by atoms with Crippen LogP contribution in [-0.2, 0) is 17.7 Å². The minimum atomic E-state index is -1.60. The Balaban J connectivity index is 1.53. The van der Waals surface area contributed by atoms with Crippen LogP contribution in [-0.4, -0.2) is 65.8 Å². The number of anilines is 1. The SMILES string of the molecule is C[C@@]1(O)[C@H](O)[C@@H](CO)O[C@H]1n1cnc2c(N3CCc4ccccc4C3)ncnc21. The van der Waals surface area contributed by atoms with Crippen LogP contribution >= 0.6 is 0 Å². The Kier molecular flexibility index (Phi) is 4.28. The lowest BCUT2D eigenvalue weighted by Gasteiger charge is -2.30. The van der Waals surface area contributed by atoms with Crippen molar-refractivity contribution in [2.75, 3.05) is 18.1 Å². The third kappa shape index (κ3) is 2.81. The van der Waals surface area contributed by atoms with E-state index in [-0.39, 0.29) is 0 Å². The van der Waals surface area contributed by atoms with E-state index >= 15 is 0 Å². The highest BCUT2D eigenvalue weighted by atomic mass is 16.6. The quantitative estimate of drug-likeness (QED) is 0.581. The third-order valence-electron chi connectivity index (χ3n) is 5.96. The average Bonchev–Trinajstić information content (AvgIpc) is 3.26. The number of aromatic nitrogens is 4. The Morgan fingerprint density at radius 2 is 2.00 bits per heavy atom. The van der Waals surface area contributed by atoms with Gasteiger partial charge in [0.1, 0.15) is 24.1 Å². The Morgan fingerprint density at radius 1 is 1.21 bits per heavy atom. The van der Waals surface area contributed by atoms with Gasteiger partial charge in [-0.1, -0.05) is 24.3 Å². The number of rotatable bonds is 3. The number of aliphatic hydroxyl groups is 3. The fourth-order valence-electron chi connectivity index (χ4n) is 4.31. The molecule has 3 aromatic rings. The molecule has 0 unspecified atom stereocenters. The molecular formula is C20H23N5O4. The monoisotopic (exact) mass is 397 g/mol. The Morgan fingerprint density at radius 3 is 2.76 bits per heavy atom. The van der Waals surface area contributed by atoms with Gasteiger partial charge in [-0.05, 0) is 24.5 Å². The highest BCUT2D eigenvalue weighted by molar-refractivity contribution is 5.83. The van der Waals surface area contributed by atoms with Crippen LogP contribution in [0.1, 0.15) is 24.3 Å². The smallest absolute Gasteiger partial charge is 0.168 e. The molecule has 9 nitrogen and oxygen atoms in total. The van der Waals surface area contributed by atoms with Crippen LogP contribution in [0.4, 0.5) is 5.82 Å². The summed E-state index contributed by atoms with van der Waals surface area (Å²) in [5.41, 5.74) is 2.12. The number of hydrogen-bond acceptors (Lipinski definition) is 8. The molecular weight excluding hydrogens is 374 g/mol. The summed E-state index contributed by atoms with van der Waals surface area (Å²) in [7, 11) is 0. The molecule has 9 heteroatoms. The molecule has 0 spiro atoms. The Labute approximate surface area is 167 Å². The van der Waals surface area contributed by atoms with E-state index in [9.17, 15) is 15.3 Å². The Bertz CT molecular complexity index is 1050. The molecule has 0 bridgehead atoms. The van der Waals surface area contributed by atoms with Gasteiger partial charge in [-0.2, -0.15) is 0 Å². The topological polar surface area (TPSA) is 117 Å². The summed E-state index contributed by atoms with van der Waals surface area (Å²) >= 11 is 0. The molecule has 0 saturated carbocycles. The number of benzene rings is 1. The lowest BCUT2D eigenvalue weighted by molar-refractivity contribution is -0.0950. The van der Waals surface area contributed by atoms with E-state index in [4.69, 9.17) is 4.74 Å². The standard InChI is InChI=1S/C20H23N5O4/c1-20(28)16(27)14(9-26)29-19(20)25-11-23-15-17(21-10-22-18(15)25)24-7-6-12-4-2-3-5-13(12)8-24/h2-5,10-11,14,16,19,26-28H,6-9H2,1H3/t14-,16-,19-,20-/m1/s1. The van der Waals surface area contributed by atoms with E-state index in [1.807, 2.05) is 6.07 Å². The molecule has 2 aromatic heterocycles. The second kappa shape index (κ2) is 6.74. The van der Waals surface area contributed by atoms with Gasteiger partial charge in [0.15, 0.2) is 23.2 Å². The molecule has 3 N–H and O–H groups in total. The van der Waals surface area contributed by atoms with Crippen molar-refractivity contribution in [2.45, 2.75) is 43.9 Å². The second-order valence-electron chi connectivity index (χ2n) is 7.84. The summed E-state index contributed by atoms with van der Waals surface area (Å²) in [6.45, 7) is 2.64. The van der Waals surface area contributed by atoms with Crippen LogP contribution < -0.4 is 4.90 Å². The van der Waals surface area contributed by atoms with E-state index in [2.05, 4.69) is 38.1 Å². The minimum Gasteiger partial charge on any atom is -0.394 e. The maximum atomic E-state index is 10.8. The van der Waals surface area contributed by atoms with Crippen LogP contribution in [0.2, 0.25) is 0 Å². The summed E-state index contributed by atoms with van der Waals surface area (Å²) in [6, 6.07) is 8.37. The first-order chi connectivity index (χ1) is 14.0. The largest absolute Gasteiger partial charge is 0.394 e. The highest BCUT2D eigenvalue weighted by Gasteiger charge is 2.53. The summed E-state index contributed by atoms with van der Waals surface area (Å²) in [4.78, 5) is 15.5. The van der Waals surface area contributed by atoms with Gasteiger partial charge in [-0.25, -0.2) is 15.0 Å². The zero-order valence-electron chi connectivity index (χ0n) is 16.0. The van der Waals surface area contributed by atoms with Gasteiger partial charge in [-0.15, -0.1) is 0 Å². The first-order valence-electron chi connectivity index (χ1n) is 9.66. The fraction of sp³-hybridized carbons (Fsp3) is 0.450. The summed E-state index contributed by atoms with van der Waals surface area (Å²) in [6.07, 6.45) is 0.895. The maximum absolute atomic E-state index is 10.8. The summed E-state index contributed by atoms with van der Waals surface area (Å²) < 4.78 is 7.32. The predicted octanol–water partition coefficient (Wildman–Crippen LogP) is 0.391. The molecule has 2 aliphatic rings. The summed E-state index contributed by atoms with van der Waals surface area (Å²) in [5, 5.41) is 30.5. The molecule has 1 aromatic carbocycles. The van der Waals surface area contributed by atoms with Crippen molar-refractivity contribution >= 4 is 17.0 Å². The third-order valence-corrected chi connectivity index (χ3v) is 5.96. The second-order valence-corrected chi connectivity index (χ2v) is 7.84. The molecule has 5 rings (SSSR count). The van der Waals surface area contributed by atoms with Gasteiger partial charge in [0.25, 0.3) is 0 Å².